The molecule has 0 spiro atoms. The summed E-state index contributed by atoms with van der Waals surface area (Å²) in [4.78, 5) is 17.0. The number of benzene rings is 1. The molecule has 5 heteroatoms. The molecule has 1 saturated heterocycles. The monoisotopic (exact) mass is 345 g/mol. The molecule has 1 heterocycles. The lowest BCUT2D eigenvalue weighted by Gasteiger charge is -2.37. The molecule has 2 N–H and O–H groups in total. The van der Waals surface area contributed by atoms with E-state index in [1.54, 1.807) is 12.1 Å². The van der Waals surface area contributed by atoms with E-state index < -0.39 is 0 Å². The van der Waals surface area contributed by atoms with Gasteiger partial charge in [0.05, 0.1) is 6.54 Å². The first-order valence-electron chi connectivity index (χ1n) is 9.58. The number of hydrogen-bond donors (Lipinski definition) is 2. The quantitative estimate of drug-likeness (QED) is 0.880. The lowest BCUT2D eigenvalue weighted by molar-refractivity contribution is -0.123. The Balaban J connectivity index is 1.44. The summed E-state index contributed by atoms with van der Waals surface area (Å²) in [6.45, 7) is 8.68. The summed E-state index contributed by atoms with van der Waals surface area (Å²) in [6.07, 6.45) is 3.63. The number of rotatable bonds is 4. The smallest absolute Gasteiger partial charge is 0.234 e. The lowest BCUT2D eigenvalue weighted by atomic mass is 9.78. The van der Waals surface area contributed by atoms with Crippen LogP contribution in [0.4, 0.5) is 5.69 Å². The van der Waals surface area contributed by atoms with Gasteiger partial charge in [-0.1, -0.05) is 26.7 Å². The second-order valence-electron chi connectivity index (χ2n) is 7.72. The highest BCUT2D eigenvalue weighted by atomic mass is 16.3. The Kier molecular flexibility index (Phi) is 5.84. The Bertz CT molecular complexity index is 567. The van der Waals surface area contributed by atoms with E-state index in [1.165, 1.54) is 12.8 Å². The maximum Gasteiger partial charge on any atom is 0.234 e. The summed E-state index contributed by atoms with van der Waals surface area (Å²) in [6, 6.07) is 7.69. The predicted octanol–water partition coefficient (Wildman–Crippen LogP) is 2.46. The number of hydrogen-bond acceptors (Lipinski definition) is 4. The number of nitrogens with zero attached hydrogens (tertiary/aromatic N) is 2. The summed E-state index contributed by atoms with van der Waals surface area (Å²) in [5, 5.41) is 12.7. The van der Waals surface area contributed by atoms with Crippen LogP contribution in [0.1, 0.15) is 33.1 Å². The van der Waals surface area contributed by atoms with E-state index in [0.29, 0.717) is 30.2 Å². The van der Waals surface area contributed by atoms with Crippen molar-refractivity contribution >= 4 is 11.6 Å². The Morgan fingerprint density at radius 2 is 1.80 bits per heavy atom. The van der Waals surface area contributed by atoms with Gasteiger partial charge in [-0.25, -0.2) is 0 Å². The Morgan fingerprint density at radius 1 is 1.12 bits per heavy atom. The average molecular weight is 345 g/mol. The van der Waals surface area contributed by atoms with Crippen molar-refractivity contribution < 1.29 is 9.90 Å². The third kappa shape index (κ3) is 4.66. The fourth-order valence-corrected chi connectivity index (χ4v) is 4.07. The highest BCUT2D eigenvalue weighted by Crippen LogP contribution is 2.29. The summed E-state index contributed by atoms with van der Waals surface area (Å²) >= 11 is 0. The van der Waals surface area contributed by atoms with Crippen LogP contribution in [0.25, 0.3) is 0 Å². The van der Waals surface area contributed by atoms with Crippen LogP contribution in [0, 0.1) is 11.8 Å². The first-order valence-corrected chi connectivity index (χ1v) is 9.58. The Morgan fingerprint density at radius 3 is 2.48 bits per heavy atom. The molecule has 3 atom stereocenters. The van der Waals surface area contributed by atoms with E-state index in [0.717, 1.165) is 38.3 Å². The molecule has 0 bridgehead atoms. The maximum absolute atomic E-state index is 12.4. The number of phenols is 1. The van der Waals surface area contributed by atoms with Crippen molar-refractivity contribution in [1.29, 1.82) is 0 Å². The van der Waals surface area contributed by atoms with Gasteiger partial charge >= 0.3 is 0 Å². The molecule has 1 aromatic rings. The number of anilines is 1. The molecular weight excluding hydrogens is 314 g/mol. The molecule has 0 aromatic heterocycles. The van der Waals surface area contributed by atoms with Crippen molar-refractivity contribution in [2.45, 2.75) is 39.2 Å². The number of aromatic hydroxyl groups is 1. The second-order valence-corrected chi connectivity index (χ2v) is 7.72. The average Bonchev–Trinajstić information content (AvgIpc) is 2.60. The van der Waals surface area contributed by atoms with Crippen molar-refractivity contribution in [3.63, 3.8) is 0 Å². The number of amides is 1. The second kappa shape index (κ2) is 8.09. The largest absolute Gasteiger partial charge is 0.508 e. The first kappa shape index (κ1) is 18.1. The highest BCUT2D eigenvalue weighted by Gasteiger charge is 2.28. The Labute approximate surface area is 151 Å². The fourth-order valence-electron chi connectivity index (χ4n) is 4.07. The minimum atomic E-state index is 0.170. The molecule has 1 amide bonds. The van der Waals surface area contributed by atoms with Crippen LogP contribution in [0.3, 0.4) is 0 Å². The minimum Gasteiger partial charge on any atom is -0.508 e. The number of carbonyl (C=O) groups excluding carboxylic acids is 1. The number of piperazine rings is 1. The summed E-state index contributed by atoms with van der Waals surface area (Å²) in [7, 11) is 0. The zero-order chi connectivity index (χ0) is 17.8. The minimum absolute atomic E-state index is 0.170. The topological polar surface area (TPSA) is 55.8 Å². The van der Waals surface area contributed by atoms with Gasteiger partial charge in [-0.15, -0.1) is 0 Å². The van der Waals surface area contributed by atoms with Crippen molar-refractivity contribution in [1.82, 2.24) is 10.2 Å². The van der Waals surface area contributed by atoms with Crippen molar-refractivity contribution in [3.05, 3.63) is 24.3 Å². The molecule has 1 saturated carbocycles. The van der Waals surface area contributed by atoms with E-state index in [4.69, 9.17) is 0 Å². The van der Waals surface area contributed by atoms with Crippen molar-refractivity contribution in [3.8, 4) is 5.75 Å². The van der Waals surface area contributed by atoms with Crippen molar-refractivity contribution in [2.75, 3.05) is 37.6 Å². The van der Waals surface area contributed by atoms with Gasteiger partial charge in [-0.3, -0.25) is 9.69 Å². The predicted molar refractivity (Wildman–Crippen MR) is 101 cm³/mol. The van der Waals surface area contributed by atoms with Crippen LogP contribution in [0.15, 0.2) is 24.3 Å². The maximum atomic E-state index is 12.4. The number of nitrogens with one attached hydrogen (secondary N) is 1. The standard InChI is InChI=1S/C20H31N3O2/c1-15-4-3-5-19(16(15)2)21-20(25)14-22-10-12-23(13-11-22)17-6-8-18(24)9-7-17/h6-9,15-16,19,24H,3-5,10-14H2,1-2H3,(H,21,25)/t15-,16+,19+/m0/s1. The van der Waals surface area contributed by atoms with Crippen LogP contribution in [0.2, 0.25) is 0 Å². The van der Waals surface area contributed by atoms with Gasteiger partial charge < -0.3 is 15.3 Å². The van der Waals surface area contributed by atoms with Gasteiger partial charge in [0, 0.05) is 37.9 Å². The molecule has 2 aliphatic rings. The lowest BCUT2D eigenvalue weighted by Crippen LogP contribution is -2.52. The van der Waals surface area contributed by atoms with Crippen LogP contribution in [-0.4, -0.2) is 54.7 Å². The number of carbonyl (C=O) groups is 1. The molecule has 5 nitrogen and oxygen atoms in total. The first-order chi connectivity index (χ1) is 12.0. The third-order valence-electron chi connectivity index (χ3n) is 6.01. The molecule has 0 radical (unpaired) electrons. The van der Waals surface area contributed by atoms with Crippen LogP contribution in [0.5, 0.6) is 5.75 Å². The SMILES string of the molecule is C[C@@H]1[C@@H](C)CCC[C@H]1NC(=O)CN1CCN(c2ccc(O)cc2)CC1. The molecule has 1 aliphatic heterocycles. The van der Waals surface area contributed by atoms with E-state index in [2.05, 4.69) is 29.0 Å². The molecule has 1 aliphatic carbocycles. The number of phenolic OH excluding ortho intramolecular Hbond substituents is 1. The molecular formula is C20H31N3O2. The van der Waals surface area contributed by atoms with Gasteiger partial charge in [-0.05, 0) is 42.5 Å². The van der Waals surface area contributed by atoms with Crippen LogP contribution >= 0.6 is 0 Å². The fraction of sp³-hybridized carbons (Fsp3) is 0.650. The molecule has 2 fully saturated rings. The molecule has 0 unspecified atom stereocenters. The molecule has 25 heavy (non-hydrogen) atoms. The van der Waals surface area contributed by atoms with Gasteiger partial charge in [0.25, 0.3) is 0 Å². The molecule has 138 valence electrons. The molecule has 1 aromatic carbocycles. The zero-order valence-electron chi connectivity index (χ0n) is 15.4. The highest BCUT2D eigenvalue weighted by molar-refractivity contribution is 5.78. The van der Waals surface area contributed by atoms with Gasteiger partial charge in [-0.2, -0.15) is 0 Å². The van der Waals surface area contributed by atoms with Crippen LogP contribution < -0.4 is 10.2 Å². The normalized spacial score (nSPS) is 27.9. The summed E-state index contributed by atoms with van der Waals surface area (Å²) < 4.78 is 0. The van der Waals surface area contributed by atoms with E-state index in [-0.39, 0.29) is 5.91 Å². The zero-order valence-corrected chi connectivity index (χ0v) is 15.4. The van der Waals surface area contributed by atoms with Crippen molar-refractivity contribution in [2.24, 2.45) is 11.8 Å². The van der Waals surface area contributed by atoms with E-state index in [1.807, 2.05) is 12.1 Å². The molecule has 3 rings (SSSR count). The Hall–Kier alpha value is -1.75. The van der Waals surface area contributed by atoms with E-state index >= 15 is 0 Å². The van der Waals surface area contributed by atoms with Gasteiger partial charge in [0.1, 0.15) is 5.75 Å². The summed E-state index contributed by atoms with van der Waals surface area (Å²) in [5.41, 5.74) is 1.13. The van der Waals surface area contributed by atoms with E-state index in [9.17, 15) is 9.90 Å². The van der Waals surface area contributed by atoms with Gasteiger partial charge in [0.15, 0.2) is 0 Å². The van der Waals surface area contributed by atoms with Gasteiger partial charge in [0.2, 0.25) is 5.91 Å². The van der Waals surface area contributed by atoms with Crippen LogP contribution in [-0.2, 0) is 4.79 Å². The summed E-state index contributed by atoms with van der Waals surface area (Å²) in [5.74, 6) is 1.74. The third-order valence-corrected chi connectivity index (χ3v) is 6.01.